The minimum atomic E-state index is -0.658. The Hall–Kier alpha value is -3.99. The molecule has 0 saturated heterocycles. The van der Waals surface area contributed by atoms with Gasteiger partial charge in [0.1, 0.15) is 11.4 Å². The molecule has 0 aliphatic carbocycles. The van der Waals surface area contributed by atoms with E-state index in [0.29, 0.717) is 22.3 Å². The van der Waals surface area contributed by atoms with E-state index in [0.717, 1.165) is 0 Å². The highest BCUT2D eigenvalue weighted by Crippen LogP contribution is 2.38. The van der Waals surface area contributed by atoms with Crippen LogP contribution in [0.4, 0.5) is 4.39 Å². The van der Waals surface area contributed by atoms with Gasteiger partial charge in [-0.15, -0.1) is 0 Å². The van der Waals surface area contributed by atoms with Gasteiger partial charge in [-0.1, -0.05) is 60.7 Å². The van der Waals surface area contributed by atoms with Crippen LogP contribution in [0.5, 0.6) is 0 Å². The molecule has 4 rings (SSSR count). The second-order valence-electron chi connectivity index (χ2n) is 6.57. The standard InChI is InChI=1S/C25H17FO4/c1-29-24(27)22-20(16-8-4-2-5-9-16)21(17-10-6-3-7-11-17)25(28)30-23(22)18-12-14-19(26)15-13-18/h2-15H,1H3. The van der Waals surface area contributed by atoms with Crippen LogP contribution in [0.15, 0.2) is 94.1 Å². The summed E-state index contributed by atoms with van der Waals surface area (Å²) in [5, 5.41) is 0. The number of carbonyl (C=O) groups excluding carboxylic acids is 1. The molecular formula is C25H17FO4. The van der Waals surface area contributed by atoms with E-state index in [4.69, 9.17) is 9.15 Å². The Bertz CT molecular complexity index is 1240. The molecule has 0 N–H and O–H groups in total. The lowest BCUT2D eigenvalue weighted by Gasteiger charge is -2.16. The van der Waals surface area contributed by atoms with Crippen LogP contribution in [0.3, 0.4) is 0 Å². The van der Waals surface area contributed by atoms with Gasteiger partial charge in [0, 0.05) is 11.1 Å². The van der Waals surface area contributed by atoms with Crippen molar-refractivity contribution in [2.24, 2.45) is 0 Å². The van der Waals surface area contributed by atoms with Gasteiger partial charge in [-0.2, -0.15) is 0 Å². The third-order valence-electron chi connectivity index (χ3n) is 4.75. The Labute approximate surface area is 172 Å². The van der Waals surface area contributed by atoms with Gasteiger partial charge in [0.25, 0.3) is 0 Å². The summed E-state index contributed by atoms with van der Waals surface area (Å²) < 4.78 is 24.1. The van der Waals surface area contributed by atoms with E-state index in [9.17, 15) is 14.0 Å². The van der Waals surface area contributed by atoms with Crippen LogP contribution >= 0.6 is 0 Å². The topological polar surface area (TPSA) is 56.5 Å². The summed E-state index contributed by atoms with van der Waals surface area (Å²) in [4.78, 5) is 26.1. The second-order valence-corrected chi connectivity index (χ2v) is 6.57. The van der Waals surface area contributed by atoms with Crippen molar-refractivity contribution in [1.82, 2.24) is 0 Å². The van der Waals surface area contributed by atoms with Gasteiger partial charge in [-0.3, -0.25) is 0 Å². The Morgan fingerprint density at radius 3 is 1.83 bits per heavy atom. The predicted octanol–water partition coefficient (Wildman–Crippen LogP) is 5.57. The van der Waals surface area contributed by atoms with Crippen molar-refractivity contribution in [2.75, 3.05) is 7.11 Å². The molecule has 0 aliphatic rings. The lowest BCUT2D eigenvalue weighted by atomic mass is 9.90. The average molecular weight is 400 g/mol. The highest BCUT2D eigenvalue weighted by Gasteiger charge is 2.28. The Morgan fingerprint density at radius 1 is 0.767 bits per heavy atom. The first-order chi connectivity index (χ1) is 14.6. The zero-order valence-electron chi connectivity index (χ0n) is 16.1. The molecule has 0 saturated carbocycles. The fraction of sp³-hybridized carbons (Fsp3) is 0.0400. The van der Waals surface area contributed by atoms with Gasteiger partial charge in [-0.25, -0.2) is 14.0 Å². The molecule has 5 heteroatoms. The monoisotopic (exact) mass is 400 g/mol. The molecule has 0 fully saturated rings. The Morgan fingerprint density at radius 2 is 1.30 bits per heavy atom. The molecular weight excluding hydrogens is 383 g/mol. The Kier molecular flexibility index (Phi) is 5.26. The van der Waals surface area contributed by atoms with Crippen molar-refractivity contribution in [1.29, 1.82) is 0 Å². The van der Waals surface area contributed by atoms with Gasteiger partial charge in [0.2, 0.25) is 0 Å². The van der Waals surface area contributed by atoms with Crippen LogP contribution in [0, 0.1) is 5.82 Å². The largest absolute Gasteiger partial charge is 0.465 e. The first-order valence-electron chi connectivity index (χ1n) is 9.26. The quantitative estimate of drug-likeness (QED) is 0.421. The van der Waals surface area contributed by atoms with Crippen LogP contribution in [0.25, 0.3) is 33.6 Å². The van der Waals surface area contributed by atoms with Crippen LogP contribution in [0.2, 0.25) is 0 Å². The normalized spacial score (nSPS) is 10.6. The van der Waals surface area contributed by atoms with E-state index in [2.05, 4.69) is 0 Å². The minimum absolute atomic E-state index is 0.0328. The van der Waals surface area contributed by atoms with Crippen molar-refractivity contribution >= 4 is 5.97 Å². The summed E-state index contributed by atoms with van der Waals surface area (Å²) in [7, 11) is 1.26. The molecule has 0 radical (unpaired) electrons. The fourth-order valence-corrected chi connectivity index (χ4v) is 3.40. The summed E-state index contributed by atoms with van der Waals surface area (Å²) in [6, 6.07) is 23.5. The molecule has 0 aliphatic heterocycles. The minimum Gasteiger partial charge on any atom is -0.465 e. The number of methoxy groups -OCH3 is 1. The summed E-state index contributed by atoms with van der Waals surface area (Å²) in [5.41, 5.74) is 1.83. The van der Waals surface area contributed by atoms with E-state index in [1.165, 1.54) is 31.4 Å². The molecule has 3 aromatic carbocycles. The third kappa shape index (κ3) is 3.53. The molecule has 1 aromatic heterocycles. The molecule has 1 heterocycles. The number of hydrogen-bond acceptors (Lipinski definition) is 4. The highest BCUT2D eigenvalue weighted by molar-refractivity contribution is 6.06. The molecule has 148 valence electrons. The average Bonchev–Trinajstić information content (AvgIpc) is 2.79. The molecule has 4 aromatic rings. The van der Waals surface area contributed by atoms with Crippen molar-refractivity contribution in [3.63, 3.8) is 0 Å². The van der Waals surface area contributed by atoms with Crippen molar-refractivity contribution in [2.45, 2.75) is 0 Å². The lowest BCUT2D eigenvalue weighted by Crippen LogP contribution is -2.14. The SMILES string of the molecule is COC(=O)c1c(-c2ccc(F)cc2)oc(=O)c(-c2ccccc2)c1-c1ccccc1. The molecule has 0 unspecified atom stereocenters. The summed E-state index contributed by atoms with van der Waals surface area (Å²) in [6.07, 6.45) is 0. The maximum absolute atomic E-state index is 13.5. The molecule has 4 nitrogen and oxygen atoms in total. The lowest BCUT2D eigenvalue weighted by molar-refractivity contribution is 0.0600. The van der Waals surface area contributed by atoms with Gasteiger partial charge in [0.05, 0.1) is 12.7 Å². The fourth-order valence-electron chi connectivity index (χ4n) is 3.40. The molecule has 0 spiro atoms. The highest BCUT2D eigenvalue weighted by atomic mass is 19.1. The Balaban J connectivity index is 2.15. The number of carbonyl (C=O) groups is 1. The van der Waals surface area contributed by atoms with Gasteiger partial charge < -0.3 is 9.15 Å². The zero-order chi connectivity index (χ0) is 21.1. The van der Waals surface area contributed by atoms with E-state index in [1.807, 2.05) is 36.4 Å². The summed E-state index contributed by atoms with van der Waals surface area (Å²) in [6.45, 7) is 0. The summed E-state index contributed by atoms with van der Waals surface area (Å²) >= 11 is 0. The molecule has 0 bridgehead atoms. The zero-order valence-corrected chi connectivity index (χ0v) is 16.1. The number of ether oxygens (including phenoxy) is 1. The number of esters is 1. The first-order valence-corrected chi connectivity index (χ1v) is 9.26. The van der Waals surface area contributed by atoms with Crippen molar-refractivity contribution < 1.29 is 18.3 Å². The number of rotatable bonds is 4. The maximum Gasteiger partial charge on any atom is 0.344 e. The van der Waals surface area contributed by atoms with E-state index >= 15 is 0 Å². The molecule has 30 heavy (non-hydrogen) atoms. The van der Waals surface area contributed by atoms with Crippen LogP contribution in [-0.2, 0) is 4.74 Å². The van der Waals surface area contributed by atoms with E-state index in [1.54, 1.807) is 24.3 Å². The second kappa shape index (κ2) is 8.17. The van der Waals surface area contributed by atoms with Crippen molar-refractivity contribution in [3.05, 3.63) is 107 Å². The summed E-state index contributed by atoms with van der Waals surface area (Å²) in [5.74, 6) is -1.07. The van der Waals surface area contributed by atoms with Crippen LogP contribution in [0.1, 0.15) is 10.4 Å². The van der Waals surface area contributed by atoms with Gasteiger partial charge >= 0.3 is 11.6 Å². The molecule has 0 amide bonds. The smallest absolute Gasteiger partial charge is 0.344 e. The first kappa shape index (κ1) is 19.3. The van der Waals surface area contributed by atoms with Crippen LogP contribution in [-0.4, -0.2) is 13.1 Å². The third-order valence-corrected chi connectivity index (χ3v) is 4.75. The maximum atomic E-state index is 13.5. The van der Waals surface area contributed by atoms with Crippen LogP contribution < -0.4 is 5.63 Å². The van der Waals surface area contributed by atoms with Gasteiger partial charge in [-0.05, 0) is 35.4 Å². The number of benzene rings is 3. The van der Waals surface area contributed by atoms with E-state index in [-0.39, 0.29) is 16.9 Å². The van der Waals surface area contributed by atoms with Gasteiger partial charge in [0.15, 0.2) is 5.76 Å². The number of hydrogen-bond donors (Lipinski definition) is 0. The van der Waals surface area contributed by atoms with Crippen molar-refractivity contribution in [3.8, 4) is 33.6 Å². The van der Waals surface area contributed by atoms with E-state index < -0.39 is 17.4 Å². The number of halogens is 1. The predicted molar refractivity (Wildman–Crippen MR) is 113 cm³/mol. The molecule has 0 atom stereocenters.